The fourth-order valence-corrected chi connectivity index (χ4v) is 4.90. The molecule has 0 saturated heterocycles. The smallest absolute Gasteiger partial charge is 0.279 e. The Labute approximate surface area is 219 Å². The maximum atomic E-state index is 12.5. The van der Waals surface area contributed by atoms with Gasteiger partial charge in [-0.1, -0.05) is 42.5 Å². The molecule has 38 heavy (non-hydrogen) atoms. The standard InChI is InChI=1S/C27H28N8O3/c1-17(36)33-12-11-30-26(33)35(18(2)37)31-16-24-21-8-4-3-6-19(21)14-23-20(7-5-9-22(23)24)15-25-29-10-13-34(25)27(38)32-28/h3-9,14,16H,10-13,15,28H2,1-2H3,(H,32,38). The second kappa shape index (κ2) is 10.4. The number of carbonyl (C=O) groups excluding carboxylic acids is 3. The van der Waals surface area contributed by atoms with E-state index in [1.165, 1.54) is 23.8 Å². The number of carbonyl (C=O) groups is 3. The zero-order chi connectivity index (χ0) is 26.8. The number of urea groups is 1. The first-order chi connectivity index (χ1) is 18.4. The average molecular weight is 513 g/mol. The van der Waals surface area contributed by atoms with Crippen LogP contribution in [0, 0.1) is 0 Å². The van der Waals surface area contributed by atoms with E-state index in [9.17, 15) is 14.4 Å². The zero-order valence-electron chi connectivity index (χ0n) is 21.2. The summed E-state index contributed by atoms with van der Waals surface area (Å²) in [4.78, 5) is 48.7. The van der Waals surface area contributed by atoms with Crippen LogP contribution in [-0.2, 0) is 16.0 Å². The molecule has 2 aliphatic heterocycles. The van der Waals surface area contributed by atoms with Crippen molar-refractivity contribution in [2.45, 2.75) is 20.3 Å². The van der Waals surface area contributed by atoms with Crippen LogP contribution in [0.4, 0.5) is 4.79 Å². The number of hydrazine groups is 1. The topological polar surface area (TPSA) is 136 Å². The van der Waals surface area contributed by atoms with Gasteiger partial charge in [-0.25, -0.2) is 15.6 Å². The largest absolute Gasteiger partial charge is 0.336 e. The molecule has 194 valence electrons. The van der Waals surface area contributed by atoms with Gasteiger partial charge in [-0.05, 0) is 33.2 Å². The third kappa shape index (κ3) is 4.59. The number of nitrogens with two attached hydrogens (primary N) is 1. The molecule has 0 radical (unpaired) electrons. The minimum absolute atomic E-state index is 0.199. The van der Waals surface area contributed by atoms with E-state index in [4.69, 9.17) is 5.84 Å². The first-order valence-electron chi connectivity index (χ1n) is 12.3. The van der Waals surface area contributed by atoms with Crippen molar-refractivity contribution in [2.75, 3.05) is 26.2 Å². The maximum absolute atomic E-state index is 12.5. The molecule has 4 amide bonds. The summed E-state index contributed by atoms with van der Waals surface area (Å²) < 4.78 is 0. The SMILES string of the molecule is CC(=O)N1CCN=C1N(N=Cc1c2ccccc2cc2c(CC3=NCCN3C(=O)NN)cccc12)C(C)=O. The quantitative estimate of drug-likeness (QED) is 0.182. The van der Waals surface area contributed by atoms with E-state index >= 15 is 0 Å². The van der Waals surface area contributed by atoms with Gasteiger partial charge in [0.1, 0.15) is 5.84 Å². The molecular weight excluding hydrogens is 484 g/mol. The van der Waals surface area contributed by atoms with Gasteiger partial charge in [0.2, 0.25) is 17.8 Å². The van der Waals surface area contributed by atoms with Gasteiger partial charge in [0.15, 0.2) is 0 Å². The fourth-order valence-electron chi connectivity index (χ4n) is 4.90. The summed E-state index contributed by atoms with van der Waals surface area (Å²) in [6.07, 6.45) is 2.10. The van der Waals surface area contributed by atoms with E-state index in [0.717, 1.165) is 32.7 Å². The number of hydrogen-bond acceptors (Lipinski definition) is 7. The van der Waals surface area contributed by atoms with Crippen molar-refractivity contribution < 1.29 is 14.4 Å². The molecule has 2 heterocycles. The lowest BCUT2D eigenvalue weighted by atomic mass is 9.93. The van der Waals surface area contributed by atoms with Crippen LogP contribution in [0.15, 0.2) is 63.6 Å². The van der Waals surface area contributed by atoms with E-state index in [1.807, 2.05) is 42.5 Å². The number of hydrazone groups is 1. The number of benzene rings is 3. The molecule has 0 spiro atoms. The van der Waals surface area contributed by atoms with Crippen molar-refractivity contribution in [3.8, 4) is 0 Å². The van der Waals surface area contributed by atoms with E-state index in [2.05, 4.69) is 26.6 Å². The number of fused-ring (bicyclic) bond motifs is 2. The van der Waals surface area contributed by atoms with Crippen LogP contribution in [0.5, 0.6) is 0 Å². The van der Waals surface area contributed by atoms with Crippen LogP contribution in [0.2, 0.25) is 0 Å². The molecule has 3 N–H and O–H groups in total. The fraction of sp³-hybridized carbons (Fsp3) is 0.259. The minimum atomic E-state index is -0.390. The van der Waals surface area contributed by atoms with E-state index in [0.29, 0.717) is 38.4 Å². The second-order valence-corrected chi connectivity index (χ2v) is 9.03. The predicted octanol–water partition coefficient (Wildman–Crippen LogP) is 2.23. The lowest BCUT2D eigenvalue weighted by Crippen LogP contribution is -2.45. The molecule has 3 aromatic carbocycles. The second-order valence-electron chi connectivity index (χ2n) is 9.03. The summed E-state index contributed by atoms with van der Waals surface area (Å²) in [6, 6.07) is 15.6. The Balaban J connectivity index is 1.60. The lowest BCUT2D eigenvalue weighted by molar-refractivity contribution is -0.127. The Bertz CT molecular complexity index is 1540. The number of nitrogens with one attached hydrogen (secondary N) is 1. The number of amidine groups is 1. The first-order valence-corrected chi connectivity index (χ1v) is 12.3. The Kier molecular flexibility index (Phi) is 6.84. The highest BCUT2D eigenvalue weighted by Crippen LogP contribution is 2.30. The number of guanidine groups is 1. The van der Waals surface area contributed by atoms with Crippen LogP contribution in [0.25, 0.3) is 21.5 Å². The van der Waals surface area contributed by atoms with Crippen molar-refractivity contribution in [3.05, 3.63) is 59.7 Å². The van der Waals surface area contributed by atoms with Crippen LogP contribution in [0.3, 0.4) is 0 Å². The van der Waals surface area contributed by atoms with Crippen molar-refractivity contribution in [2.24, 2.45) is 20.9 Å². The maximum Gasteiger partial charge on any atom is 0.336 e. The highest BCUT2D eigenvalue weighted by molar-refractivity contribution is 6.15. The van der Waals surface area contributed by atoms with E-state index in [-0.39, 0.29) is 17.8 Å². The van der Waals surface area contributed by atoms with Crippen LogP contribution in [0.1, 0.15) is 25.0 Å². The number of hydrogen-bond donors (Lipinski definition) is 2. The minimum Gasteiger partial charge on any atom is -0.279 e. The highest BCUT2D eigenvalue weighted by atomic mass is 16.2. The van der Waals surface area contributed by atoms with E-state index < -0.39 is 6.03 Å². The lowest BCUT2D eigenvalue weighted by Gasteiger charge is -2.22. The molecule has 11 nitrogen and oxygen atoms in total. The summed E-state index contributed by atoms with van der Waals surface area (Å²) in [5, 5.41) is 9.56. The number of aliphatic imine (C=N–C) groups is 2. The molecule has 0 aliphatic carbocycles. The monoisotopic (exact) mass is 512 g/mol. The third-order valence-electron chi connectivity index (χ3n) is 6.67. The van der Waals surface area contributed by atoms with Gasteiger partial charge >= 0.3 is 6.03 Å². The molecule has 2 aliphatic rings. The normalized spacial score (nSPS) is 15.3. The van der Waals surface area contributed by atoms with Crippen LogP contribution >= 0.6 is 0 Å². The van der Waals surface area contributed by atoms with Crippen LogP contribution in [-0.4, -0.2) is 76.8 Å². The molecule has 3 aromatic rings. The summed E-state index contributed by atoms with van der Waals surface area (Å²) in [5.41, 5.74) is 4.00. The Morgan fingerprint density at radius 3 is 2.50 bits per heavy atom. The van der Waals surface area contributed by atoms with Gasteiger partial charge in [-0.15, -0.1) is 0 Å². The number of nitrogens with zero attached hydrogens (tertiary/aromatic N) is 6. The summed E-state index contributed by atoms with van der Waals surface area (Å²) in [6.45, 7) is 4.66. The Hall–Kier alpha value is -4.64. The molecular formula is C27H28N8O3. The Morgan fingerprint density at radius 2 is 1.74 bits per heavy atom. The predicted molar refractivity (Wildman–Crippen MR) is 147 cm³/mol. The molecule has 0 saturated carbocycles. The van der Waals surface area contributed by atoms with E-state index in [1.54, 1.807) is 11.1 Å². The van der Waals surface area contributed by atoms with Gasteiger partial charge in [0.25, 0.3) is 0 Å². The van der Waals surface area contributed by atoms with Crippen molar-refractivity contribution in [3.63, 3.8) is 0 Å². The molecule has 0 fully saturated rings. The number of amides is 4. The van der Waals surface area contributed by atoms with Gasteiger partial charge in [0, 0.05) is 38.9 Å². The van der Waals surface area contributed by atoms with Crippen molar-refractivity contribution >= 4 is 57.4 Å². The highest BCUT2D eigenvalue weighted by Gasteiger charge is 2.28. The summed E-state index contributed by atoms with van der Waals surface area (Å²) in [5.74, 6) is 5.68. The zero-order valence-corrected chi connectivity index (χ0v) is 21.2. The van der Waals surface area contributed by atoms with Crippen molar-refractivity contribution in [1.29, 1.82) is 0 Å². The van der Waals surface area contributed by atoms with Crippen LogP contribution < -0.4 is 11.3 Å². The third-order valence-corrected chi connectivity index (χ3v) is 6.67. The van der Waals surface area contributed by atoms with Gasteiger partial charge < -0.3 is 0 Å². The van der Waals surface area contributed by atoms with Gasteiger partial charge in [-0.2, -0.15) is 10.1 Å². The molecule has 0 aromatic heterocycles. The number of rotatable bonds is 4. The summed E-state index contributed by atoms with van der Waals surface area (Å²) >= 11 is 0. The Morgan fingerprint density at radius 1 is 1.00 bits per heavy atom. The molecule has 5 rings (SSSR count). The average Bonchev–Trinajstić information content (AvgIpc) is 3.58. The molecule has 11 heteroatoms. The molecule has 0 unspecified atom stereocenters. The van der Waals surface area contributed by atoms with Crippen molar-refractivity contribution in [1.82, 2.24) is 20.2 Å². The molecule has 0 atom stereocenters. The summed E-state index contributed by atoms with van der Waals surface area (Å²) in [7, 11) is 0. The first kappa shape index (κ1) is 25.0. The molecule has 0 bridgehead atoms. The van der Waals surface area contributed by atoms with Gasteiger partial charge in [0.05, 0.1) is 19.3 Å². The van der Waals surface area contributed by atoms with Gasteiger partial charge in [-0.3, -0.25) is 29.8 Å².